The van der Waals surface area contributed by atoms with Crippen LogP contribution in [0.25, 0.3) is 177 Å². The molecule has 0 atom stereocenters. The molecule has 0 saturated carbocycles. The summed E-state index contributed by atoms with van der Waals surface area (Å²) in [4.78, 5) is 12.2. The fraction of sp³-hybridized carbons (Fsp3) is 0.0361. The number of rotatable bonds is 6. The first-order chi connectivity index (χ1) is 44.4. The van der Waals surface area contributed by atoms with E-state index in [-0.39, 0.29) is 5.41 Å². The minimum atomic E-state index is -0.244. The van der Waals surface area contributed by atoms with E-state index in [9.17, 15) is 0 Å². The normalized spacial score (nSPS) is 13.1. The number of benzene rings is 13. The standard InChI is InChI=1S/C83H52N6O/c1-83(2)66-27-12-6-21-54(66)61-47-64-58-25-10-16-32-72(58)89(77(64)48-67(61)83)82-81(88-71-31-15-7-22-55(71)59-39-35-52(46-76(59)88)50-36-40-73-62(44-50)56-23-8-13-29-69(56)86(73)53-19-4-3-5-20-53)84-68-28-18-33-75(80(68)85-82)87-70-30-14-9-24-57(70)63-43-49(37-41-74(63)87)51-38-42-79-65(45-51)60-26-11-17-34-78(60)90-79/h3-48H,1-2H3. The van der Waals surface area contributed by atoms with Gasteiger partial charge in [-0.05, 0) is 154 Å². The van der Waals surface area contributed by atoms with Crippen molar-refractivity contribution < 1.29 is 4.42 Å². The fourth-order valence-corrected chi connectivity index (χ4v) is 15.6. The molecule has 7 nitrogen and oxygen atoms in total. The monoisotopic (exact) mass is 1150 g/mol. The van der Waals surface area contributed by atoms with Gasteiger partial charge in [0.25, 0.3) is 0 Å². The Morgan fingerprint density at radius 3 is 1.47 bits per heavy atom. The molecule has 19 aromatic rings. The van der Waals surface area contributed by atoms with Crippen molar-refractivity contribution in [1.82, 2.24) is 28.2 Å². The number of hydrogen-bond acceptors (Lipinski definition) is 3. The topological polar surface area (TPSA) is 58.6 Å². The van der Waals surface area contributed by atoms with Gasteiger partial charge in [-0.15, -0.1) is 0 Å². The van der Waals surface area contributed by atoms with E-state index < -0.39 is 0 Å². The third kappa shape index (κ3) is 6.77. The van der Waals surface area contributed by atoms with Gasteiger partial charge in [0.05, 0.1) is 55.3 Å². The van der Waals surface area contributed by atoms with Gasteiger partial charge in [-0.25, -0.2) is 9.97 Å². The lowest BCUT2D eigenvalue weighted by atomic mass is 9.82. The van der Waals surface area contributed by atoms with Crippen LogP contribution in [0.1, 0.15) is 25.0 Å². The molecule has 20 rings (SSSR count). The molecule has 0 aliphatic heterocycles. The highest BCUT2D eigenvalue weighted by molar-refractivity contribution is 6.16. The van der Waals surface area contributed by atoms with Crippen molar-refractivity contribution in [3.05, 3.63) is 290 Å². The van der Waals surface area contributed by atoms with Gasteiger partial charge in [0, 0.05) is 65.0 Å². The van der Waals surface area contributed by atoms with E-state index in [1.165, 1.54) is 49.4 Å². The van der Waals surface area contributed by atoms with E-state index >= 15 is 0 Å². The Balaban J connectivity index is 0.855. The summed E-state index contributed by atoms with van der Waals surface area (Å²) in [5.74, 6) is 1.48. The number of aromatic nitrogens is 6. The number of fused-ring (bicyclic) bond motifs is 19. The Morgan fingerprint density at radius 2 is 0.767 bits per heavy atom. The highest BCUT2D eigenvalue weighted by Crippen LogP contribution is 2.52. The van der Waals surface area contributed by atoms with Gasteiger partial charge < -0.3 is 13.6 Å². The maximum absolute atomic E-state index is 6.27. The summed E-state index contributed by atoms with van der Waals surface area (Å²) in [6.07, 6.45) is 0. The Labute approximate surface area is 515 Å². The molecule has 90 heavy (non-hydrogen) atoms. The molecule has 6 heterocycles. The second kappa shape index (κ2) is 18.1. The summed E-state index contributed by atoms with van der Waals surface area (Å²) >= 11 is 0. The quantitative estimate of drug-likeness (QED) is 0.167. The van der Waals surface area contributed by atoms with Crippen LogP contribution in [0.5, 0.6) is 0 Å². The van der Waals surface area contributed by atoms with E-state index in [2.05, 4.69) is 299 Å². The zero-order chi connectivity index (χ0) is 59.1. The van der Waals surface area contributed by atoms with Crippen LogP contribution in [0.3, 0.4) is 0 Å². The molecule has 0 spiro atoms. The van der Waals surface area contributed by atoms with E-state index in [1.54, 1.807) is 0 Å². The SMILES string of the molecule is CC1(C)c2ccccc2-c2cc3c4ccccc4n(-c4nc5c(-n6c7ccccc7c7cc(-c8ccc9oc%10ccccc%10c9c8)ccc76)cccc5nc4-n4c5ccccc5c5ccc(-c6ccc7c(c6)c6ccccc6n7-c6ccccc6)cc54)c3cc21. The van der Waals surface area contributed by atoms with Crippen molar-refractivity contribution >= 4 is 120 Å². The average molecular weight is 1150 g/mol. The molecule has 1 aliphatic rings. The van der Waals surface area contributed by atoms with Gasteiger partial charge in [0.1, 0.15) is 16.7 Å². The van der Waals surface area contributed by atoms with Gasteiger partial charge in [-0.3, -0.25) is 9.13 Å². The zero-order valence-electron chi connectivity index (χ0n) is 49.1. The Hall–Kier alpha value is -11.8. The van der Waals surface area contributed by atoms with Crippen molar-refractivity contribution in [3.8, 4) is 56.4 Å². The minimum Gasteiger partial charge on any atom is -0.456 e. The van der Waals surface area contributed by atoms with Gasteiger partial charge >= 0.3 is 0 Å². The van der Waals surface area contributed by atoms with E-state index in [0.717, 1.165) is 138 Å². The Morgan fingerprint density at radius 1 is 0.289 bits per heavy atom. The van der Waals surface area contributed by atoms with E-state index in [4.69, 9.17) is 14.4 Å². The summed E-state index contributed by atoms with van der Waals surface area (Å²) in [6.45, 7) is 4.74. The van der Waals surface area contributed by atoms with Crippen LogP contribution in [-0.4, -0.2) is 28.2 Å². The molecule has 0 bridgehead atoms. The predicted octanol–water partition coefficient (Wildman–Crippen LogP) is 21.6. The van der Waals surface area contributed by atoms with Crippen LogP contribution < -0.4 is 0 Å². The molecule has 0 amide bonds. The predicted molar refractivity (Wildman–Crippen MR) is 373 cm³/mol. The van der Waals surface area contributed by atoms with Crippen LogP contribution in [0, 0.1) is 0 Å². The van der Waals surface area contributed by atoms with Gasteiger partial charge in [0.15, 0.2) is 11.6 Å². The smallest absolute Gasteiger partial charge is 0.182 e. The maximum Gasteiger partial charge on any atom is 0.182 e. The first kappa shape index (κ1) is 49.3. The van der Waals surface area contributed by atoms with Crippen molar-refractivity contribution in [2.75, 3.05) is 0 Å². The largest absolute Gasteiger partial charge is 0.456 e. The number of nitrogens with zero attached hydrogens (tertiary/aromatic N) is 6. The van der Waals surface area contributed by atoms with Crippen molar-refractivity contribution in [2.24, 2.45) is 0 Å². The van der Waals surface area contributed by atoms with Crippen LogP contribution in [0.4, 0.5) is 0 Å². The van der Waals surface area contributed by atoms with Gasteiger partial charge in [0.2, 0.25) is 0 Å². The first-order valence-corrected chi connectivity index (χ1v) is 31.0. The second-order valence-corrected chi connectivity index (χ2v) is 24.9. The highest BCUT2D eigenvalue weighted by Gasteiger charge is 2.37. The third-order valence-corrected chi connectivity index (χ3v) is 19.8. The first-order valence-electron chi connectivity index (χ1n) is 31.0. The molecular weight excluding hydrogens is 1100 g/mol. The molecule has 1 aliphatic carbocycles. The van der Waals surface area contributed by atoms with Crippen LogP contribution in [-0.2, 0) is 5.41 Å². The van der Waals surface area contributed by atoms with Crippen LogP contribution in [0.2, 0.25) is 0 Å². The molecule has 0 fully saturated rings. The Bertz CT molecular complexity index is 6320. The van der Waals surface area contributed by atoms with Crippen LogP contribution >= 0.6 is 0 Å². The third-order valence-electron chi connectivity index (χ3n) is 19.8. The summed E-state index contributed by atoms with van der Waals surface area (Å²) in [5.41, 5.74) is 23.7. The van der Waals surface area contributed by atoms with Crippen molar-refractivity contribution in [2.45, 2.75) is 19.3 Å². The lowest BCUT2D eigenvalue weighted by Gasteiger charge is -2.22. The molecule has 0 unspecified atom stereocenters. The van der Waals surface area contributed by atoms with E-state index in [0.29, 0.717) is 0 Å². The maximum atomic E-state index is 6.27. The molecule has 0 saturated heterocycles. The lowest BCUT2D eigenvalue weighted by Crippen LogP contribution is -2.15. The molecule has 420 valence electrons. The number of furan rings is 1. The van der Waals surface area contributed by atoms with Crippen molar-refractivity contribution in [1.29, 1.82) is 0 Å². The lowest BCUT2D eigenvalue weighted by molar-refractivity contribution is 0.661. The molecular formula is C83H52N6O. The summed E-state index contributed by atoms with van der Waals surface area (Å²) in [5, 5.41) is 11.6. The Kier molecular flexibility index (Phi) is 9.94. The van der Waals surface area contributed by atoms with Crippen LogP contribution in [0.15, 0.2) is 283 Å². The van der Waals surface area contributed by atoms with Crippen molar-refractivity contribution in [3.63, 3.8) is 0 Å². The highest BCUT2D eigenvalue weighted by atomic mass is 16.3. The summed E-state index contributed by atoms with van der Waals surface area (Å²) in [6, 6.07) is 102. The molecule has 0 N–H and O–H groups in total. The fourth-order valence-electron chi connectivity index (χ4n) is 15.6. The molecule has 6 aromatic heterocycles. The summed E-state index contributed by atoms with van der Waals surface area (Å²) in [7, 11) is 0. The molecule has 7 heteroatoms. The number of para-hydroxylation sites is 7. The van der Waals surface area contributed by atoms with Gasteiger partial charge in [-0.1, -0.05) is 184 Å². The minimum absolute atomic E-state index is 0.244. The molecule has 0 radical (unpaired) electrons. The molecule has 13 aromatic carbocycles. The summed E-state index contributed by atoms with van der Waals surface area (Å²) < 4.78 is 15.9. The second-order valence-electron chi connectivity index (χ2n) is 24.9. The number of hydrogen-bond donors (Lipinski definition) is 0. The average Bonchev–Trinajstić information content (AvgIpc) is 1.53. The van der Waals surface area contributed by atoms with Gasteiger partial charge in [-0.2, -0.15) is 0 Å². The zero-order valence-corrected chi connectivity index (χ0v) is 49.1. The van der Waals surface area contributed by atoms with E-state index in [1.807, 2.05) is 12.1 Å².